The van der Waals surface area contributed by atoms with Gasteiger partial charge in [-0.05, 0) is 67.1 Å². The number of anilines is 1. The van der Waals surface area contributed by atoms with E-state index < -0.39 is 28.5 Å². The highest BCUT2D eigenvalue weighted by molar-refractivity contribution is 7.92. The minimum Gasteiger partial charge on any atom is -0.352 e. The Morgan fingerprint density at radius 2 is 1.60 bits per heavy atom. The van der Waals surface area contributed by atoms with E-state index in [1.54, 1.807) is 31.2 Å². The minimum absolute atomic E-state index is 0.0314. The number of aryl methyl sites for hydroxylation is 2. The van der Waals surface area contributed by atoms with Crippen molar-refractivity contribution < 1.29 is 18.0 Å². The molecule has 4 rings (SSSR count). The summed E-state index contributed by atoms with van der Waals surface area (Å²) in [5.74, 6) is -0.765. The van der Waals surface area contributed by atoms with Crippen LogP contribution < -0.4 is 9.62 Å². The van der Waals surface area contributed by atoms with E-state index in [1.807, 2.05) is 49.4 Å². The summed E-state index contributed by atoms with van der Waals surface area (Å²) in [4.78, 5) is 29.9. The average molecular weight is 645 g/mol. The maximum absolute atomic E-state index is 14.3. The van der Waals surface area contributed by atoms with Gasteiger partial charge in [-0.15, -0.1) is 0 Å². The molecule has 0 saturated heterocycles. The molecular weight excluding hydrogens is 605 g/mol. The predicted molar refractivity (Wildman–Crippen MR) is 174 cm³/mol. The van der Waals surface area contributed by atoms with Gasteiger partial charge in [-0.1, -0.05) is 91.0 Å². The second kappa shape index (κ2) is 14.6. The summed E-state index contributed by atoms with van der Waals surface area (Å²) in [5, 5.41) is 3.90. The van der Waals surface area contributed by atoms with Crippen LogP contribution in [0.15, 0.2) is 66.7 Å². The van der Waals surface area contributed by atoms with Crippen molar-refractivity contribution in [3.63, 3.8) is 0 Å². The Morgan fingerprint density at radius 1 is 0.907 bits per heavy atom. The summed E-state index contributed by atoms with van der Waals surface area (Å²) >= 11 is 12.5. The molecule has 43 heavy (non-hydrogen) atoms. The molecule has 1 atom stereocenters. The van der Waals surface area contributed by atoms with E-state index in [-0.39, 0.29) is 24.9 Å². The normalized spacial score (nSPS) is 14.6. The summed E-state index contributed by atoms with van der Waals surface area (Å²) in [6.07, 6.45) is 6.34. The molecule has 0 aliphatic heterocycles. The summed E-state index contributed by atoms with van der Waals surface area (Å²) in [5.41, 5.74) is 3.56. The summed E-state index contributed by atoms with van der Waals surface area (Å²) in [6.45, 7) is 3.25. The highest BCUT2D eigenvalue weighted by Crippen LogP contribution is 2.27. The minimum atomic E-state index is -3.85. The number of amides is 2. The van der Waals surface area contributed by atoms with Crippen LogP contribution in [0.1, 0.15) is 54.4 Å². The molecule has 1 N–H and O–H groups in total. The molecule has 10 heteroatoms. The first-order valence-corrected chi connectivity index (χ1v) is 17.2. The van der Waals surface area contributed by atoms with Crippen molar-refractivity contribution in [2.45, 2.75) is 71.0 Å². The quantitative estimate of drug-likeness (QED) is 0.260. The molecule has 3 aromatic carbocycles. The predicted octanol–water partition coefficient (Wildman–Crippen LogP) is 6.47. The van der Waals surface area contributed by atoms with Crippen molar-refractivity contribution in [2.24, 2.45) is 0 Å². The van der Waals surface area contributed by atoms with Crippen molar-refractivity contribution in [1.82, 2.24) is 10.2 Å². The molecule has 1 fully saturated rings. The summed E-state index contributed by atoms with van der Waals surface area (Å²) < 4.78 is 27.3. The summed E-state index contributed by atoms with van der Waals surface area (Å²) in [6, 6.07) is 19.2. The molecule has 2 amide bonds. The molecule has 0 bridgehead atoms. The lowest BCUT2D eigenvalue weighted by molar-refractivity contribution is -0.140. The van der Waals surface area contributed by atoms with Gasteiger partial charge in [0.2, 0.25) is 21.8 Å². The van der Waals surface area contributed by atoms with E-state index in [2.05, 4.69) is 5.32 Å². The van der Waals surface area contributed by atoms with Crippen molar-refractivity contribution in [2.75, 3.05) is 17.1 Å². The van der Waals surface area contributed by atoms with Gasteiger partial charge < -0.3 is 10.2 Å². The van der Waals surface area contributed by atoms with Crippen LogP contribution in [0, 0.1) is 13.8 Å². The van der Waals surface area contributed by atoms with E-state index in [4.69, 9.17) is 23.2 Å². The number of carbonyl (C=O) groups excluding carboxylic acids is 2. The molecule has 0 radical (unpaired) electrons. The number of carbonyl (C=O) groups is 2. The monoisotopic (exact) mass is 643 g/mol. The maximum Gasteiger partial charge on any atom is 0.244 e. The third-order valence-corrected chi connectivity index (χ3v) is 9.74. The van der Waals surface area contributed by atoms with Gasteiger partial charge in [0.25, 0.3) is 0 Å². The average Bonchev–Trinajstić information content (AvgIpc) is 2.97. The molecule has 0 heterocycles. The highest BCUT2D eigenvalue weighted by atomic mass is 35.5. The number of hydrogen-bond donors (Lipinski definition) is 1. The van der Waals surface area contributed by atoms with Crippen molar-refractivity contribution in [3.8, 4) is 0 Å². The second-order valence-corrected chi connectivity index (χ2v) is 14.1. The van der Waals surface area contributed by atoms with E-state index in [1.165, 1.54) is 4.90 Å². The topological polar surface area (TPSA) is 86.8 Å². The van der Waals surface area contributed by atoms with E-state index in [0.717, 1.165) is 59.4 Å². The van der Waals surface area contributed by atoms with Crippen molar-refractivity contribution >= 4 is 50.7 Å². The van der Waals surface area contributed by atoms with Crippen LogP contribution in [0.2, 0.25) is 10.0 Å². The lowest BCUT2D eigenvalue weighted by atomic mass is 9.94. The third-order valence-electron chi connectivity index (χ3n) is 7.87. The van der Waals surface area contributed by atoms with E-state index >= 15 is 0 Å². The lowest BCUT2D eigenvalue weighted by Gasteiger charge is -2.35. The Morgan fingerprint density at radius 3 is 2.26 bits per heavy atom. The Labute approximate surface area is 265 Å². The van der Waals surface area contributed by atoms with Crippen molar-refractivity contribution in [3.05, 3.63) is 99.0 Å². The number of sulfonamides is 1. The van der Waals surface area contributed by atoms with Crippen LogP contribution in [0.5, 0.6) is 0 Å². The maximum atomic E-state index is 14.3. The fraction of sp³-hybridized carbons (Fsp3) is 0.394. The van der Waals surface area contributed by atoms with Crippen LogP contribution in [0.3, 0.4) is 0 Å². The fourth-order valence-corrected chi connectivity index (χ4v) is 6.74. The standard InChI is InChI=1S/C33H39Cl2N3O4S/c1-23-14-15-24(2)30(18-23)38(43(3,41)42)22-32(39)37(21-26-16-17-28(34)29(35)19-26)31(20-25-10-6-4-7-11-25)33(40)36-27-12-8-5-9-13-27/h4,6-7,10-11,14-19,27,31H,5,8-9,12-13,20-22H2,1-3H3,(H,36,40). The first-order chi connectivity index (χ1) is 20.4. The number of rotatable bonds is 11. The molecule has 230 valence electrons. The Kier molecular flexibility index (Phi) is 11.2. The highest BCUT2D eigenvalue weighted by Gasteiger charge is 2.34. The molecule has 1 saturated carbocycles. The van der Waals surface area contributed by atoms with Gasteiger partial charge in [0.05, 0.1) is 22.0 Å². The van der Waals surface area contributed by atoms with Crippen LogP contribution in [0.4, 0.5) is 5.69 Å². The zero-order chi connectivity index (χ0) is 31.1. The summed E-state index contributed by atoms with van der Waals surface area (Å²) in [7, 11) is -3.85. The molecule has 0 spiro atoms. The number of halogens is 2. The smallest absolute Gasteiger partial charge is 0.244 e. The number of nitrogens with one attached hydrogen (secondary N) is 1. The Hall–Kier alpha value is -3.07. The molecule has 1 unspecified atom stereocenters. The van der Waals surface area contributed by atoms with Crippen molar-refractivity contribution in [1.29, 1.82) is 0 Å². The van der Waals surface area contributed by atoms with E-state index in [9.17, 15) is 18.0 Å². The van der Waals surface area contributed by atoms with Crippen LogP contribution in [0.25, 0.3) is 0 Å². The number of benzene rings is 3. The molecule has 0 aromatic heterocycles. The number of nitrogens with zero attached hydrogens (tertiary/aromatic N) is 2. The van der Waals surface area contributed by atoms with Gasteiger partial charge >= 0.3 is 0 Å². The first-order valence-electron chi connectivity index (χ1n) is 14.5. The van der Waals surface area contributed by atoms with Gasteiger partial charge in [-0.2, -0.15) is 0 Å². The molecule has 1 aliphatic carbocycles. The van der Waals surface area contributed by atoms with Crippen LogP contribution >= 0.6 is 23.2 Å². The second-order valence-electron chi connectivity index (χ2n) is 11.4. The van der Waals surface area contributed by atoms with Gasteiger partial charge in [0, 0.05) is 19.0 Å². The molecular formula is C33H39Cl2N3O4S. The third kappa shape index (κ3) is 8.97. The van der Waals surface area contributed by atoms with Gasteiger partial charge in [-0.25, -0.2) is 8.42 Å². The van der Waals surface area contributed by atoms with Gasteiger partial charge in [0.1, 0.15) is 12.6 Å². The zero-order valence-electron chi connectivity index (χ0n) is 24.9. The zero-order valence-corrected chi connectivity index (χ0v) is 27.2. The van der Waals surface area contributed by atoms with Gasteiger partial charge in [-0.3, -0.25) is 13.9 Å². The lowest BCUT2D eigenvalue weighted by Crippen LogP contribution is -2.55. The van der Waals surface area contributed by atoms with Crippen LogP contribution in [-0.2, 0) is 32.6 Å². The SMILES string of the molecule is Cc1ccc(C)c(N(CC(=O)N(Cc2ccc(Cl)c(Cl)c2)C(Cc2ccccc2)C(=O)NC2CCCCC2)S(C)(=O)=O)c1. The molecule has 7 nitrogen and oxygen atoms in total. The molecule has 1 aliphatic rings. The first kappa shape index (κ1) is 32.8. The number of hydrogen-bond acceptors (Lipinski definition) is 4. The van der Waals surface area contributed by atoms with E-state index in [0.29, 0.717) is 21.3 Å². The molecule has 3 aromatic rings. The Bertz CT molecular complexity index is 1540. The van der Waals surface area contributed by atoms with Crippen LogP contribution in [-0.4, -0.2) is 50.0 Å². The largest absolute Gasteiger partial charge is 0.352 e. The van der Waals surface area contributed by atoms with Gasteiger partial charge in [0.15, 0.2) is 0 Å². The Balaban J connectivity index is 1.76. The fourth-order valence-electron chi connectivity index (χ4n) is 5.52.